The highest BCUT2D eigenvalue weighted by Crippen LogP contribution is 2.15. The Bertz CT molecular complexity index is 698. The fourth-order valence-corrected chi connectivity index (χ4v) is 1.96. The van der Waals surface area contributed by atoms with Gasteiger partial charge in [0.15, 0.2) is 6.61 Å². The minimum Gasteiger partial charge on any atom is -0.477 e. The normalized spacial score (nSPS) is 10.1. The number of hydrogen-bond donors (Lipinski definition) is 1. The average molecular weight is 328 g/mol. The van der Waals surface area contributed by atoms with Gasteiger partial charge >= 0.3 is 5.97 Å². The second-order valence-corrected chi connectivity index (χ2v) is 5.13. The van der Waals surface area contributed by atoms with Crippen LogP contribution in [0, 0.1) is 6.92 Å². The van der Waals surface area contributed by atoms with Gasteiger partial charge in [0.25, 0.3) is 5.91 Å². The van der Waals surface area contributed by atoms with Crippen LogP contribution in [0.4, 0.5) is 0 Å². The molecule has 2 aromatic rings. The standard InChI is InChI=1S/C18H20N2O4/c1-3-23-17-15(5-4-10-19-17)18(22)24-12-16(21)20-11-14-8-6-13(2)7-9-14/h4-10H,3,11-12H2,1-2H3,(H,20,21). The zero-order chi connectivity index (χ0) is 17.4. The lowest BCUT2D eigenvalue weighted by Gasteiger charge is -2.09. The fourth-order valence-electron chi connectivity index (χ4n) is 1.96. The molecule has 2 rings (SSSR count). The molecule has 24 heavy (non-hydrogen) atoms. The van der Waals surface area contributed by atoms with Gasteiger partial charge in [0.05, 0.1) is 6.61 Å². The third-order valence-electron chi connectivity index (χ3n) is 3.22. The topological polar surface area (TPSA) is 77.5 Å². The number of amides is 1. The van der Waals surface area contributed by atoms with Crippen LogP contribution in [-0.4, -0.2) is 30.1 Å². The Hall–Kier alpha value is -2.89. The number of ether oxygens (including phenoxy) is 2. The van der Waals surface area contributed by atoms with E-state index in [9.17, 15) is 9.59 Å². The van der Waals surface area contributed by atoms with Crippen LogP contribution in [0.2, 0.25) is 0 Å². The number of benzene rings is 1. The smallest absolute Gasteiger partial charge is 0.344 e. The fraction of sp³-hybridized carbons (Fsp3) is 0.278. The zero-order valence-electron chi connectivity index (χ0n) is 13.7. The predicted octanol–water partition coefficient (Wildman–Crippen LogP) is 2.26. The highest BCUT2D eigenvalue weighted by molar-refractivity contribution is 5.93. The van der Waals surface area contributed by atoms with Gasteiger partial charge in [-0.15, -0.1) is 0 Å². The van der Waals surface area contributed by atoms with E-state index in [-0.39, 0.29) is 24.0 Å². The summed E-state index contributed by atoms with van der Waals surface area (Å²) < 4.78 is 10.3. The van der Waals surface area contributed by atoms with E-state index in [0.29, 0.717) is 13.2 Å². The highest BCUT2D eigenvalue weighted by Gasteiger charge is 2.16. The molecule has 0 saturated carbocycles. The van der Waals surface area contributed by atoms with E-state index in [2.05, 4.69) is 10.3 Å². The van der Waals surface area contributed by atoms with Gasteiger partial charge < -0.3 is 14.8 Å². The van der Waals surface area contributed by atoms with Crippen molar-refractivity contribution in [2.45, 2.75) is 20.4 Å². The van der Waals surface area contributed by atoms with Crippen LogP contribution < -0.4 is 10.1 Å². The number of nitrogens with one attached hydrogen (secondary N) is 1. The maximum Gasteiger partial charge on any atom is 0.344 e. The van der Waals surface area contributed by atoms with E-state index in [4.69, 9.17) is 9.47 Å². The largest absolute Gasteiger partial charge is 0.477 e. The van der Waals surface area contributed by atoms with Crippen LogP contribution in [0.5, 0.6) is 5.88 Å². The molecule has 0 aliphatic heterocycles. The Morgan fingerprint density at radius 2 is 1.92 bits per heavy atom. The maximum atomic E-state index is 12.0. The van der Waals surface area contributed by atoms with E-state index < -0.39 is 5.97 Å². The van der Waals surface area contributed by atoms with Gasteiger partial charge in [0, 0.05) is 12.7 Å². The van der Waals surface area contributed by atoms with Gasteiger partial charge in [-0.25, -0.2) is 9.78 Å². The molecule has 1 aromatic carbocycles. The summed E-state index contributed by atoms with van der Waals surface area (Å²) in [6.45, 7) is 4.20. The van der Waals surface area contributed by atoms with Crippen LogP contribution in [0.25, 0.3) is 0 Å². The lowest BCUT2D eigenvalue weighted by molar-refractivity contribution is -0.124. The molecule has 1 aromatic heterocycles. The molecule has 1 N–H and O–H groups in total. The summed E-state index contributed by atoms with van der Waals surface area (Å²) in [6, 6.07) is 11.0. The molecule has 0 atom stereocenters. The molecular weight excluding hydrogens is 308 g/mol. The van der Waals surface area contributed by atoms with E-state index in [1.54, 1.807) is 19.1 Å². The Labute approximate surface area is 140 Å². The van der Waals surface area contributed by atoms with Gasteiger partial charge in [0.1, 0.15) is 5.56 Å². The SMILES string of the molecule is CCOc1ncccc1C(=O)OCC(=O)NCc1ccc(C)cc1. The van der Waals surface area contributed by atoms with Crippen molar-refractivity contribution in [3.8, 4) is 5.88 Å². The second kappa shape index (κ2) is 8.67. The molecule has 0 spiro atoms. The number of carbonyl (C=O) groups excluding carboxylic acids is 2. The van der Waals surface area contributed by atoms with Crippen molar-refractivity contribution in [3.05, 3.63) is 59.3 Å². The quantitative estimate of drug-likeness (QED) is 0.789. The molecule has 126 valence electrons. The molecular formula is C18H20N2O4. The van der Waals surface area contributed by atoms with Crippen molar-refractivity contribution in [2.75, 3.05) is 13.2 Å². The van der Waals surface area contributed by atoms with Crippen molar-refractivity contribution < 1.29 is 19.1 Å². The predicted molar refractivity (Wildman–Crippen MR) is 88.7 cm³/mol. The van der Waals surface area contributed by atoms with Crippen LogP contribution in [-0.2, 0) is 16.1 Å². The van der Waals surface area contributed by atoms with Gasteiger partial charge in [0.2, 0.25) is 5.88 Å². The van der Waals surface area contributed by atoms with Crippen LogP contribution in [0.1, 0.15) is 28.4 Å². The van der Waals surface area contributed by atoms with Crippen LogP contribution in [0.3, 0.4) is 0 Å². The molecule has 0 fully saturated rings. The number of rotatable bonds is 7. The first-order chi connectivity index (χ1) is 11.6. The van der Waals surface area contributed by atoms with Gasteiger partial charge in [-0.2, -0.15) is 0 Å². The number of carbonyl (C=O) groups is 2. The van der Waals surface area contributed by atoms with E-state index in [0.717, 1.165) is 11.1 Å². The lowest BCUT2D eigenvalue weighted by atomic mass is 10.1. The van der Waals surface area contributed by atoms with Crippen molar-refractivity contribution in [1.29, 1.82) is 0 Å². The third kappa shape index (κ3) is 5.08. The van der Waals surface area contributed by atoms with E-state index in [1.165, 1.54) is 6.20 Å². The monoisotopic (exact) mass is 328 g/mol. The molecule has 0 aliphatic carbocycles. The van der Waals surface area contributed by atoms with Gasteiger partial charge in [-0.3, -0.25) is 4.79 Å². The average Bonchev–Trinajstić information content (AvgIpc) is 2.60. The summed E-state index contributed by atoms with van der Waals surface area (Å²) in [6.07, 6.45) is 1.52. The summed E-state index contributed by atoms with van der Waals surface area (Å²) >= 11 is 0. The number of hydrogen-bond acceptors (Lipinski definition) is 5. The van der Waals surface area contributed by atoms with Crippen molar-refractivity contribution in [2.24, 2.45) is 0 Å². The second-order valence-electron chi connectivity index (χ2n) is 5.13. The van der Waals surface area contributed by atoms with E-state index >= 15 is 0 Å². The molecule has 0 bridgehead atoms. The third-order valence-corrected chi connectivity index (χ3v) is 3.22. The molecule has 0 unspecified atom stereocenters. The minimum atomic E-state index is -0.642. The van der Waals surface area contributed by atoms with Crippen molar-refractivity contribution in [3.63, 3.8) is 0 Å². The zero-order valence-corrected chi connectivity index (χ0v) is 13.7. The van der Waals surface area contributed by atoms with Gasteiger partial charge in [-0.05, 0) is 31.5 Å². The summed E-state index contributed by atoms with van der Waals surface area (Å²) in [4.78, 5) is 27.8. The van der Waals surface area contributed by atoms with Gasteiger partial charge in [-0.1, -0.05) is 29.8 Å². The van der Waals surface area contributed by atoms with Crippen molar-refractivity contribution in [1.82, 2.24) is 10.3 Å². The van der Waals surface area contributed by atoms with E-state index in [1.807, 2.05) is 31.2 Å². The van der Waals surface area contributed by atoms with Crippen LogP contribution >= 0.6 is 0 Å². The molecule has 0 radical (unpaired) electrons. The minimum absolute atomic E-state index is 0.199. The molecule has 6 nitrogen and oxygen atoms in total. The number of pyridine rings is 1. The van der Waals surface area contributed by atoms with Crippen molar-refractivity contribution >= 4 is 11.9 Å². The number of nitrogens with zero attached hydrogens (tertiary/aromatic N) is 1. The summed E-state index contributed by atoms with van der Waals surface area (Å²) in [5.41, 5.74) is 2.33. The molecule has 6 heteroatoms. The molecule has 0 saturated heterocycles. The first-order valence-corrected chi connectivity index (χ1v) is 7.67. The summed E-state index contributed by atoms with van der Waals surface area (Å²) in [5.74, 6) is -0.812. The first-order valence-electron chi connectivity index (χ1n) is 7.67. The lowest BCUT2D eigenvalue weighted by Crippen LogP contribution is -2.28. The number of aryl methyl sites for hydroxylation is 1. The number of esters is 1. The Morgan fingerprint density at radius 1 is 1.17 bits per heavy atom. The molecule has 1 amide bonds. The maximum absolute atomic E-state index is 12.0. The Balaban J connectivity index is 1.83. The molecule has 1 heterocycles. The van der Waals surface area contributed by atoms with Crippen LogP contribution in [0.15, 0.2) is 42.6 Å². The first kappa shape index (κ1) is 17.5. The summed E-state index contributed by atoms with van der Waals surface area (Å²) in [7, 11) is 0. The highest BCUT2D eigenvalue weighted by atomic mass is 16.5. The Kier molecular flexibility index (Phi) is 6.31. The Morgan fingerprint density at radius 3 is 2.62 bits per heavy atom. The number of aromatic nitrogens is 1. The molecule has 0 aliphatic rings. The summed E-state index contributed by atoms with van der Waals surface area (Å²) in [5, 5.41) is 2.70.